The summed E-state index contributed by atoms with van der Waals surface area (Å²) >= 11 is 12.0. The Morgan fingerprint density at radius 3 is 2.39 bits per heavy atom. The van der Waals surface area contributed by atoms with Crippen LogP contribution in [-0.4, -0.2) is 10.9 Å². The summed E-state index contributed by atoms with van der Waals surface area (Å²) in [4.78, 5) is 17.6. The van der Waals surface area contributed by atoms with E-state index in [1.807, 2.05) is 24.3 Å². The van der Waals surface area contributed by atoms with E-state index in [0.29, 0.717) is 37.9 Å². The van der Waals surface area contributed by atoms with Crippen molar-refractivity contribution in [1.82, 2.24) is 4.98 Å². The molecule has 138 valence electrons. The van der Waals surface area contributed by atoms with Gasteiger partial charge in [-0.15, -0.1) is 0 Å². The fourth-order valence-corrected chi connectivity index (χ4v) is 3.20. The van der Waals surface area contributed by atoms with E-state index in [9.17, 15) is 9.18 Å². The molecule has 0 fully saturated rings. The number of halogens is 3. The maximum absolute atomic E-state index is 13.3. The second-order valence-corrected chi connectivity index (χ2v) is 6.98. The van der Waals surface area contributed by atoms with Crippen molar-refractivity contribution in [2.75, 3.05) is 5.32 Å². The van der Waals surface area contributed by atoms with Crippen molar-refractivity contribution < 1.29 is 9.18 Å². The highest BCUT2D eigenvalue weighted by atomic mass is 35.5. The lowest BCUT2D eigenvalue weighted by Crippen LogP contribution is -2.13. The monoisotopic (exact) mass is 410 g/mol. The van der Waals surface area contributed by atoms with E-state index in [0.717, 1.165) is 5.56 Å². The van der Waals surface area contributed by atoms with Gasteiger partial charge in [-0.3, -0.25) is 4.79 Å². The third-order valence-corrected chi connectivity index (χ3v) is 5.02. The van der Waals surface area contributed by atoms with E-state index in [2.05, 4.69) is 10.3 Å². The summed E-state index contributed by atoms with van der Waals surface area (Å²) in [6.07, 6.45) is 0. The van der Waals surface area contributed by atoms with Crippen LogP contribution >= 0.6 is 23.2 Å². The number of hydrogen-bond donors (Lipinski definition) is 1. The Balaban J connectivity index is 1.79. The number of para-hydroxylation sites is 1. The van der Waals surface area contributed by atoms with Gasteiger partial charge < -0.3 is 5.32 Å². The van der Waals surface area contributed by atoms with Crippen LogP contribution in [0.3, 0.4) is 0 Å². The van der Waals surface area contributed by atoms with Crippen LogP contribution < -0.4 is 5.32 Å². The Kier molecular flexibility index (Phi) is 4.99. The van der Waals surface area contributed by atoms with Gasteiger partial charge in [0.1, 0.15) is 5.82 Å². The van der Waals surface area contributed by atoms with E-state index in [-0.39, 0.29) is 11.7 Å². The first-order valence-corrected chi connectivity index (χ1v) is 9.19. The molecular weight excluding hydrogens is 398 g/mol. The minimum Gasteiger partial charge on any atom is -0.322 e. The maximum atomic E-state index is 13.3. The lowest BCUT2D eigenvalue weighted by Gasteiger charge is -2.11. The zero-order valence-electron chi connectivity index (χ0n) is 14.4. The van der Waals surface area contributed by atoms with Gasteiger partial charge in [0.2, 0.25) is 0 Å². The quantitative estimate of drug-likeness (QED) is 0.413. The van der Waals surface area contributed by atoms with Crippen LogP contribution in [0.15, 0.2) is 72.8 Å². The Morgan fingerprint density at radius 2 is 1.64 bits per heavy atom. The second-order valence-electron chi connectivity index (χ2n) is 6.16. The van der Waals surface area contributed by atoms with Gasteiger partial charge >= 0.3 is 0 Å². The number of nitrogens with one attached hydrogen (secondary N) is 1. The number of rotatable bonds is 3. The number of pyridine rings is 1. The molecule has 0 saturated carbocycles. The molecule has 1 amide bonds. The van der Waals surface area contributed by atoms with Crippen molar-refractivity contribution in [1.29, 1.82) is 0 Å². The van der Waals surface area contributed by atoms with E-state index in [1.54, 1.807) is 36.4 Å². The van der Waals surface area contributed by atoms with Gasteiger partial charge in [-0.1, -0.05) is 41.4 Å². The smallest absolute Gasteiger partial charge is 0.256 e. The van der Waals surface area contributed by atoms with Crippen LogP contribution in [0.5, 0.6) is 0 Å². The van der Waals surface area contributed by atoms with E-state index < -0.39 is 0 Å². The summed E-state index contributed by atoms with van der Waals surface area (Å²) in [5.41, 5.74) is 2.96. The number of benzene rings is 3. The lowest BCUT2D eigenvalue weighted by atomic mass is 10.0. The topological polar surface area (TPSA) is 42.0 Å². The van der Waals surface area contributed by atoms with Gasteiger partial charge in [-0.05, 0) is 54.6 Å². The third kappa shape index (κ3) is 3.70. The third-order valence-electron chi connectivity index (χ3n) is 4.28. The SMILES string of the molecule is O=C(Nc1ccc(Cl)c(Cl)c1)c1cc(-c2ccc(F)cc2)nc2ccccc12. The number of nitrogens with zero attached hydrogens (tertiary/aromatic N) is 1. The molecule has 1 aromatic heterocycles. The van der Waals surface area contributed by atoms with E-state index in [1.165, 1.54) is 12.1 Å². The predicted octanol–water partition coefficient (Wildman–Crippen LogP) is 6.60. The van der Waals surface area contributed by atoms with Crippen LogP contribution in [0.2, 0.25) is 10.0 Å². The van der Waals surface area contributed by atoms with Crippen molar-refractivity contribution in [3.8, 4) is 11.3 Å². The number of anilines is 1. The fraction of sp³-hybridized carbons (Fsp3) is 0. The van der Waals surface area contributed by atoms with Crippen molar-refractivity contribution >= 4 is 45.7 Å². The molecule has 0 aliphatic heterocycles. The molecule has 1 heterocycles. The zero-order chi connectivity index (χ0) is 19.7. The van der Waals surface area contributed by atoms with Crippen LogP contribution in [0.4, 0.5) is 10.1 Å². The molecule has 0 radical (unpaired) electrons. The standard InChI is InChI=1S/C22H13Cl2FN2O/c23-18-10-9-15(11-19(18)24)26-22(28)17-12-21(13-5-7-14(25)8-6-13)27-20-4-2-1-3-16(17)20/h1-12H,(H,26,28). The summed E-state index contributed by atoms with van der Waals surface area (Å²) in [6.45, 7) is 0. The average molecular weight is 411 g/mol. The van der Waals surface area contributed by atoms with Crippen molar-refractivity contribution in [2.45, 2.75) is 0 Å². The molecule has 6 heteroatoms. The molecule has 0 bridgehead atoms. The molecule has 4 aromatic rings. The number of aromatic nitrogens is 1. The summed E-state index contributed by atoms with van der Waals surface area (Å²) in [6, 6.07) is 19.9. The average Bonchev–Trinajstić information content (AvgIpc) is 2.70. The first kappa shape index (κ1) is 18.4. The van der Waals surface area contributed by atoms with Crippen molar-refractivity contribution in [3.63, 3.8) is 0 Å². The van der Waals surface area contributed by atoms with Gasteiger partial charge in [0.25, 0.3) is 5.91 Å². The number of fused-ring (bicyclic) bond motifs is 1. The normalized spacial score (nSPS) is 10.8. The van der Waals surface area contributed by atoms with Crippen LogP contribution in [-0.2, 0) is 0 Å². The Hall–Kier alpha value is -2.95. The molecule has 0 unspecified atom stereocenters. The molecule has 0 aliphatic rings. The maximum Gasteiger partial charge on any atom is 0.256 e. The van der Waals surface area contributed by atoms with Crippen LogP contribution in [0, 0.1) is 5.82 Å². The van der Waals surface area contributed by atoms with E-state index in [4.69, 9.17) is 23.2 Å². The first-order chi connectivity index (χ1) is 13.5. The molecule has 3 aromatic carbocycles. The Morgan fingerprint density at radius 1 is 0.893 bits per heavy atom. The minimum atomic E-state index is -0.331. The first-order valence-electron chi connectivity index (χ1n) is 8.43. The summed E-state index contributed by atoms with van der Waals surface area (Å²) in [5, 5.41) is 4.31. The number of carbonyl (C=O) groups excluding carboxylic acids is 1. The molecule has 0 spiro atoms. The zero-order valence-corrected chi connectivity index (χ0v) is 15.9. The van der Waals surface area contributed by atoms with Gasteiger partial charge in [0, 0.05) is 16.6 Å². The highest BCUT2D eigenvalue weighted by Gasteiger charge is 2.15. The summed E-state index contributed by atoms with van der Waals surface area (Å²) < 4.78 is 13.3. The number of amides is 1. The number of hydrogen-bond acceptors (Lipinski definition) is 2. The highest BCUT2D eigenvalue weighted by Crippen LogP contribution is 2.28. The van der Waals surface area contributed by atoms with Crippen LogP contribution in [0.25, 0.3) is 22.2 Å². The molecule has 28 heavy (non-hydrogen) atoms. The molecule has 1 N–H and O–H groups in total. The Labute approximate surface area is 170 Å². The largest absolute Gasteiger partial charge is 0.322 e. The molecule has 0 saturated heterocycles. The fourth-order valence-electron chi connectivity index (χ4n) is 2.90. The summed E-state index contributed by atoms with van der Waals surface area (Å²) in [5.74, 6) is -0.637. The minimum absolute atomic E-state index is 0.305. The van der Waals surface area contributed by atoms with Gasteiger partial charge in [0.05, 0.1) is 26.8 Å². The van der Waals surface area contributed by atoms with Gasteiger partial charge in [0.15, 0.2) is 0 Å². The van der Waals surface area contributed by atoms with Crippen molar-refractivity contribution in [2.24, 2.45) is 0 Å². The van der Waals surface area contributed by atoms with Gasteiger partial charge in [-0.25, -0.2) is 9.37 Å². The number of carbonyl (C=O) groups is 1. The molecular formula is C22H13Cl2FN2O. The lowest BCUT2D eigenvalue weighted by molar-refractivity contribution is 0.102. The predicted molar refractivity (Wildman–Crippen MR) is 112 cm³/mol. The molecule has 0 aliphatic carbocycles. The van der Waals surface area contributed by atoms with E-state index >= 15 is 0 Å². The molecule has 4 rings (SSSR count). The summed E-state index contributed by atoms with van der Waals surface area (Å²) in [7, 11) is 0. The highest BCUT2D eigenvalue weighted by molar-refractivity contribution is 6.42. The molecule has 0 atom stereocenters. The van der Waals surface area contributed by atoms with Crippen LogP contribution in [0.1, 0.15) is 10.4 Å². The second kappa shape index (κ2) is 7.58. The van der Waals surface area contributed by atoms with Gasteiger partial charge in [-0.2, -0.15) is 0 Å². The van der Waals surface area contributed by atoms with Crippen molar-refractivity contribution in [3.05, 3.63) is 94.2 Å². The molecule has 3 nitrogen and oxygen atoms in total. The Bertz CT molecular complexity index is 1190.